The summed E-state index contributed by atoms with van der Waals surface area (Å²) < 4.78 is 27.4. The molecule has 1 aromatic rings. The van der Waals surface area contributed by atoms with Crippen molar-refractivity contribution in [2.24, 2.45) is 0 Å². The van der Waals surface area contributed by atoms with Gasteiger partial charge in [-0.15, -0.1) is 6.58 Å². The first-order chi connectivity index (χ1) is 9.38. The van der Waals surface area contributed by atoms with Gasteiger partial charge in [0.05, 0.1) is 11.5 Å². The second kappa shape index (κ2) is 7.36. The summed E-state index contributed by atoms with van der Waals surface area (Å²) in [6, 6.07) is 3.28. The Morgan fingerprint density at radius 2 is 2.10 bits per heavy atom. The molecule has 0 aromatic heterocycles. The summed E-state index contributed by atoms with van der Waals surface area (Å²) in [5.74, 6) is 0. The largest absolute Gasteiger partial charge is 0.392 e. The Morgan fingerprint density at radius 3 is 2.60 bits per heavy atom. The Labute approximate surface area is 129 Å². The third kappa shape index (κ3) is 3.69. The molecule has 4 nitrogen and oxygen atoms in total. The van der Waals surface area contributed by atoms with Crippen LogP contribution in [0, 0.1) is 6.92 Å². The molecule has 0 bridgehead atoms. The molecule has 0 aliphatic carbocycles. The van der Waals surface area contributed by atoms with Crippen molar-refractivity contribution < 1.29 is 13.5 Å². The lowest BCUT2D eigenvalue weighted by atomic mass is 10.1. The van der Waals surface area contributed by atoms with Gasteiger partial charge in [0.15, 0.2) is 0 Å². The van der Waals surface area contributed by atoms with Gasteiger partial charge in [0.25, 0.3) is 0 Å². The number of sulfonamides is 1. The smallest absolute Gasteiger partial charge is 0.244 e. The average Bonchev–Trinajstić information content (AvgIpc) is 2.41. The van der Waals surface area contributed by atoms with Crippen molar-refractivity contribution in [3.05, 3.63) is 40.4 Å². The average molecular weight is 362 g/mol. The molecular weight excluding hydrogens is 342 g/mol. The summed E-state index contributed by atoms with van der Waals surface area (Å²) in [7, 11) is -3.61. The van der Waals surface area contributed by atoms with E-state index in [0.29, 0.717) is 16.6 Å². The van der Waals surface area contributed by atoms with E-state index in [1.165, 1.54) is 10.4 Å². The molecule has 6 heteroatoms. The van der Waals surface area contributed by atoms with Gasteiger partial charge in [-0.3, -0.25) is 0 Å². The lowest BCUT2D eigenvalue weighted by molar-refractivity contribution is 0.281. The number of aliphatic hydroxyl groups is 1. The molecule has 0 unspecified atom stereocenters. The first-order valence-electron chi connectivity index (χ1n) is 6.39. The molecule has 0 amide bonds. The van der Waals surface area contributed by atoms with Gasteiger partial charge >= 0.3 is 0 Å². The first kappa shape index (κ1) is 17.4. The highest BCUT2D eigenvalue weighted by Gasteiger charge is 2.26. The second-order valence-corrected chi connectivity index (χ2v) is 7.23. The molecule has 1 rings (SSSR count). The van der Waals surface area contributed by atoms with Crippen LogP contribution in [0.3, 0.4) is 0 Å². The van der Waals surface area contributed by atoms with Gasteiger partial charge < -0.3 is 5.11 Å². The fourth-order valence-corrected chi connectivity index (χ4v) is 4.46. The van der Waals surface area contributed by atoms with Crippen molar-refractivity contribution in [3.8, 4) is 0 Å². The van der Waals surface area contributed by atoms with Gasteiger partial charge in [0.1, 0.15) is 0 Å². The first-order valence-corrected chi connectivity index (χ1v) is 8.62. The van der Waals surface area contributed by atoms with Gasteiger partial charge in [0, 0.05) is 17.6 Å². The molecule has 0 aliphatic heterocycles. The topological polar surface area (TPSA) is 57.6 Å². The van der Waals surface area contributed by atoms with E-state index in [1.807, 2.05) is 6.92 Å². The molecular formula is C14H20BrNO3S. The molecule has 0 saturated heterocycles. The van der Waals surface area contributed by atoms with E-state index >= 15 is 0 Å². The van der Waals surface area contributed by atoms with Crippen LogP contribution in [0.15, 0.2) is 34.2 Å². The highest BCUT2D eigenvalue weighted by atomic mass is 79.9. The highest BCUT2D eigenvalue weighted by Crippen LogP contribution is 2.29. The maximum absolute atomic E-state index is 12.7. The van der Waals surface area contributed by atoms with Crippen molar-refractivity contribution in [1.29, 1.82) is 0 Å². The maximum Gasteiger partial charge on any atom is 0.244 e. The minimum Gasteiger partial charge on any atom is -0.392 e. The van der Waals surface area contributed by atoms with Crippen LogP contribution < -0.4 is 0 Å². The summed E-state index contributed by atoms with van der Waals surface area (Å²) in [5, 5.41) is 9.25. The van der Waals surface area contributed by atoms with E-state index in [-0.39, 0.29) is 18.0 Å². The third-order valence-electron chi connectivity index (χ3n) is 2.89. The number of hydrogen-bond donors (Lipinski definition) is 1. The number of rotatable bonds is 7. The Morgan fingerprint density at radius 1 is 1.45 bits per heavy atom. The van der Waals surface area contributed by atoms with Crippen molar-refractivity contribution >= 4 is 26.0 Å². The van der Waals surface area contributed by atoms with Crippen LogP contribution in [0.25, 0.3) is 0 Å². The van der Waals surface area contributed by atoms with Crippen molar-refractivity contribution in [3.63, 3.8) is 0 Å². The molecule has 0 radical (unpaired) electrons. The number of hydrogen-bond acceptors (Lipinski definition) is 3. The molecule has 0 saturated carbocycles. The van der Waals surface area contributed by atoms with E-state index < -0.39 is 10.0 Å². The van der Waals surface area contributed by atoms with Crippen LogP contribution in [0.2, 0.25) is 0 Å². The highest BCUT2D eigenvalue weighted by molar-refractivity contribution is 9.10. The van der Waals surface area contributed by atoms with Crippen LogP contribution in [0.5, 0.6) is 0 Å². The lowest BCUT2D eigenvalue weighted by Gasteiger charge is -2.21. The standard InChI is InChI=1S/C14H20BrNO3S/c1-4-6-16(7-5-2)20(18,19)13-9-12(10-17)8-11(3)14(13)15/h4,8-9,17H,1,5-7,10H2,2-3H3. The lowest BCUT2D eigenvalue weighted by Crippen LogP contribution is -2.32. The van der Waals surface area contributed by atoms with Gasteiger partial charge in [-0.2, -0.15) is 4.31 Å². The number of aliphatic hydroxyl groups excluding tert-OH is 1. The molecule has 1 N–H and O–H groups in total. The molecule has 0 atom stereocenters. The SMILES string of the molecule is C=CCN(CCC)S(=O)(=O)c1cc(CO)cc(C)c1Br. The van der Waals surface area contributed by atoms with Crippen LogP contribution >= 0.6 is 15.9 Å². The van der Waals surface area contributed by atoms with Crippen molar-refractivity contribution in [2.45, 2.75) is 31.8 Å². The minimum absolute atomic E-state index is 0.189. The maximum atomic E-state index is 12.7. The monoisotopic (exact) mass is 361 g/mol. The zero-order chi connectivity index (χ0) is 15.3. The van der Waals surface area contributed by atoms with E-state index in [1.54, 1.807) is 19.1 Å². The van der Waals surface area contributed by atoms with Crippen molar-refractivity contribution in [1.82, 2.24) is 4.31 Å². The van der Waals surface area contributed by atoms with E-state index in [9.17, 15) is 13.5 Å². The van der Waals surface area contributed by atoms with Crippen LogP contribution in [0.1, 0.15) is 24.5 Å². The Hall–Kier alpha value is -0.690. The number of halogens is 1. The molecule has 20 heavy (non-hydrogen) atoms. The molecule has 112 valence electrons. The zero-order valence-corrected chi connectivity index (χ0v) is 14.2. The quantitative estimate of drug-likeness (QED) is 0.759. The van der Waals surface area contributed by atoms with Crippen LogP contribution in [0.4, 0.5) is 0 Å². The van der Waals surface area contributed by atoms with Gasteiger partial charge in [-0.05, 0) is 46.5 Å². The van der Waals surface area contributed by atoms with Gasteiger partial charge in [-0.25, -0.2) is 8.42 Å². The van der Waals surface area contributed by atoms with Crippen molar-refractivity contribution in [2.75, 3.05) is 13.1 Å². The normalized spacial score (nSPS) is 11.8. The predicted octanol–water partition coefficient (Wildman–Crippen LogP) is 2.84. The summed E-state index contributed by atoms with van der Waals surface area (Å²) >= 11 is 3.34. The minimum atomic E-state index is -3.61. The van der Waals surface area contributed by atoms with Crippen LogP contribution in [-0.2, 0) is 16.6 Å². The Bertz CT molecular complexity index is 584. The molecule has 0 aliphatic rings. The number of aryl methyl sites for hydroxylation is 1. The molecule has 0 fully saturated rings. The third-order valence-corrected chi connectivity index (χ3v) is 6.09. The molecule has 0 heterocycles. The molecule has 0 spiro atoms. The summed E-state index contributed by atoms with van der Waals surface area (Å²) in [6.45, 7) is 7.85. The van der Waals surface area contributed by atoms with Gasteiger partial charge in [0.2, 0.25) is 10.0 Å². The number of nitrogens with zero attached hydrogens (tertiary/aromatic N) is 1. The molecule has 1 aromatic carbocycles. The zero-order valence-electron chi connectivity index (χ0n) is 11.8. The fourth-order valence-electron chi connectivity index (χ4n) is 1.93. The summed E-state index contributed by atoms with van der Waals surface area (Å²) in [6.07, 6.45) is 2.30. The summed E-state index contributed by atoms with van der Waals surface area (Å²) in [4.78, 5) is 0.192. The van der Waals surface area contributed by atoms with Crippen LogP contribution in [-0.4, -0.2) is 30.9 Å². The van der Waals surface area contributed by atoms with E-state index in [2.05, 4.69) is 22.5 Å². The fraction of sp³-hybridized carbons (Fsp3) is 0.429. The second-order valence-electron chi connectivity index (χ2n) is 4.53. The Kier molecular flexibility index (Phi) is 6.39. The van der Waals surface area contributed by atoms with Gasteiger partial charge in [-0.1, -0.05) is 19.1 Å². The number of benzene rings is 1. The predicted molar refractivity (Wildman–Crippen MR) is 84.0 cm³/mol. The van der Waals surface area contributed by atoms with E-state index in [0.717, 1.165) is 12.0 Å². The summed E-state index contributed by atoms with van der Waals surface area (Å²) in [5.41, 5.74) is 1.37. The Balaban J connectivity index is 3.39. The van der Waals surface area contributed by atoms with E-state index in [4.69, 9.17) is 0 Å².